The van der Waals surface area contributed by atoms with Gasteiger partial charge in [0.2, 0.25) is 0 Å². The molecular weight excluding hydrogens is 342 g/mol. The van der Waals surface area contributed by atoms with Gasteiger partial charge in [-0.05, 0) is 18.6 Å². The molecule has 1 N–H and O–H groups in total. The normalized spacial score (nSPS) is 11.0. The van der Waals surface area contributed by atoms with Gasteiger partial charge >= 0.3 is 0 Å². The number of aliphatic hydroxyl groups is 1. The number of hydrogen-bond donors (Lipinski definition) is 1. The summed E-state index contributed by atoms with van der Waals surface area (Å²) < 4.78 is 3.45. The molecule has 3 aromatic heterocycles. The van der Waals surface area contributed by atoms with E-state index in [0.29, 0.717) is 18.8 Å². The third kappa shape index (κ3) is 4.06. The summed E-state index contributed by atoms with van der Waals surface area (Å²) in [5.74, 6) is 0. The molecule has 0 aliphatic heterocycles. The van der Waals surface area contributed by atoms with E-state index < -0.39 is 0 Å². The van der Waals surface area contributed by atoms with Crippen molar-refractivity contribution in [2.45, 2.75) is 26.6 Å². The van der Waals surface area contributed by atoms with Gasteiger partial charge in [-0.3, -0.25) is 4.98 Å². The molecule has 0 saturated heterocycles. The summed E-state index contributed by atoms with van der Waals surface area (Å²) in [7, 11) is 0. The molecule has 0 aliphatic rings. The summed E-state index contributed by atoms with van der Waals surface area (Å²) in [5, 5.41) is 25.3. The molecule has 0 spiro atoms. The maximum Gasteiger partial charge on any atom is 0.113 e. The fourth-order valence-electron chi connectivity index (χ4n) is 2.72. The molecule has 1 aromatic carbocycles. The van der Waals surface area contributed by atoms with Gasteiger partial charge in [-0.15, -0.1) is 10.2 Å². The number of pyridine rings is 1. The van der Waals surface area contributed by atoms with Gasteiger partial charge in [0.05, 0.1) is 37.8 Å². The first-order valence-electron chi connectivity index (χ1n) is 8.60. The van der Waals surface area contributed by atoms with Gasteiger partial charge in [0.25, 0.3) is 0 Å². The first-order valence-corrected chi connectivity index (χ1v) is 8.60. The lowest BCUT2D eigenvalue weighted by atomic mass is 10.1. The van der Waals surface area contributed by atoms with Gasteiger partial charge in [0.15, 0.2) is 0 Å². The minimum absolute atomic E-state index is 0.116. The number of benzene rings is 1. The second-order valence-electron chi connectivity index (χ2n) is 6.39. The van der Waals surface area contributed by atoms with E-state index in [2.05, 4.69) is 44.7 Å². The Hall–Kier alpha value is -3.39. The molecule has 27 heavy (non-hydrogen) atoms. The Labute approximate surface area is 156 Å². The molecular formula is C19H19N7O. The lowest BCUT2D eigenvalue weighted by Crippen LogP contribution is -2.05. The van der Waals surface area contributed by atoms with Crippen molar-refractivity contribution in [3.63, 3.8) is 0 Å². The summed E-state index contributed by atoms with van der Waals surface area (Å²) in [6.45, 7) is 3.05. The van der Waals surface area contributed by atoms with Gasteiger partial charge in [-0.25, -0.2) is 9.36 Å². The van der Waals surface area contributed by atoms with Crippen LogP contribution in [0.25, 0.3) is 11.3 Å². The van der Waals surface area contributed by atoms with E-state index in [1.54, 1.807) is 15.6 Å². The summed E-state index contributed by atoms with van der Waals surface area (Å²) in [5.41, 5.74) is 5.57. The minimum atomic E-state index is -0.116. The first kappa shape index (κ1) is 17.0. The number of aromatic nitrogens is 7. The van der Waals surface area contributed by atoms with E-state index >= 15 is 0 Å². The van der Waals surface area contributed by atoms with Crippen LogP contribution in [-0.2, 0) is 19.7 Å². The standard InChI is InChI=1S/C19H19N7O/c1-14-2-5-16(6-3-14)19-12-25(24-22-19)9-15-4-7-17(20-8-15)10-26-11-18(13-27)21-23-26/h2-8,11-12,27H,9-10,13H2,1H3. The van der Waals surface area contributed by atoms with Crippen molar-refractivity contribution in [2.75, 3.05) is 0 Å². The smallest absolute Gasteiger partial charge is 0.113 e. The van der Waals surface area contributed by atoms with E-state index in [4.69, 9.17) is 5.11 Å². The van der Waals surface area contributed by atoms with Crippen LogP contribution in [0.3, 0.4) is 0 Å². The molecule has 8 heteroatoms. The molecule has 0 radical (unpaired) electrons. The van der Waals surface area contributed by atoms with Crippen molar-refractivity contribution in [1.82, 2.24) is 35.0 Å². The van der Waals surface area contributed by atoms with Gasteiger partial charge in [0.1, 0.15) is 11.4 Å². The van der Waals surface area contributed by atoms with Crippen LogP contribution in [0.5, 0.6) is 0 Å². The van der Waals surface area contributed by atoms with Gasteiger partial charge in [-0.2, -0.15) is 0 Å². The van der Waals surface area contributed by atoms with Crippen LogP contribution in [0.1, 0.15) is 22.5 Å². The Bertz CT molecular complexity index is 1020. The third-order valence-corrected chi connectivity index (χ3v) is 4.19. The molecule has 4 aromatic rings. The summed E-state index contributed by atoms with van der Waals surface area (Å²) >= 11 is 0. The molecule has 0 saturated carbocycles. The SMILES string of the molecule is Cc1ccc(-c2cn(Cc3ccc(Cn4cc(CO)nn4)nc3)nn2)cc1. The molecule has 4 rings (SSSR count). The Morgan fingerprint density at radius 1 is 0.852 bits per heavy atom. The number of nitrogens with zero attached hydrogens (tertiary/aromatic N) is 7. The predicted molar refractivity (Wildman–Crippen MR) is 98.6 cm³/mol. The minimum Gasteiger partial charge on any atom is -0.390 e. The van der Waals surface area contributed by atoms with E-state index in [1.807, 2.05) is 36.7 Å². The predicted octanol–water partition coefficient (Wildman–Crippen LogP) is 1.83. The molecule has 8 nitrogen and oxygen atoms in total. The second kappa shape index (κ2) is 7.46. The summed E-state index contributed by atoms with van der Waals surface area (Å²) in [4.78, 5) is 4.47. The number of aliphatic hydroxyl groups excluding tert-OH is 1. The Morgan fingerprint density at radius 2 is 1.63 bits per heavy atom. The van der Waals surface area contributed by atoms with Gasteiger partial charge < -0.3 is 5.11 Å². The second-order valence-corrected chi connectivity index (χ2v) is 6.39. The van der Waals surface area contributed by atoms with Crippen LogP contribution in [0.2, 0.25) is 0 Å². The molecule has 0 amide bonds. The van der Waals surface area contributed by atoms with Crippen molar-refractivity contribution in [1.29, 1.82) is 0 Å². The van der Waals surface area contributed by atoms with E-state index in [9.17, 15) is 0 Å². The van der Waals surface area contributed by atoms with Crippen molar-refractivity contribution in [3.8, 4) is 11.3 Å². The van der Waals surface area contributed by atoms with E-state index in [1.165, 1.54) is 5.56 Å². The van der Waals surface area contributed by atoms with Gasteiger partial charge in [-0.1, -0.05) is 46.3 Å². The fraction of sp³-hybridized carbons (Fsp3) is 0.211. The monoisotopic (exact) mass is 361 g/mol. The van der Waals surface area contributed by atoms with Crippen molar-refractivity contribution >= 4 is 0 Å². The molecule has 0 unspecified atom stereocenters. The van der Waals surface area contributed by atoms with Crippen molar-refractivity contribution in [3.05, 3.63) is 77.5 Å². The zero-order valence-corrected chi connectivity index (χ0v) is 14.9. The lowest BCUT2D eigenvalue weighted by Gasteiger charge is -2.03. The zero-order valence-electron chi connectivity index (χ0n) is 14.9. The highest BCUT2D eigenvalue weighted by molar-refractivity contribution is 5.57. The molecule has 0 atom stereocenters. The van der Waals surface area contributed by atoms with Crippen LogP contribution in [0.15, 0.2) is 55.0 Å². The van der Waals surface area contributed by atoms with E-state index in [-0.39, 0.29) is 6.61 Å². The average molecular weight is 361 g/mol. The largest absolute Gasteiger partial charge is 0.390 e. The fourth-order valence-corrected chi connectivity index (χ4v) is 2.72. The molecule has 3 heterocycles. The number of hydrogen-bond acceptors (Lipinski definition) is 6. The maximum atomic E-state index is 9.04. The molecule has 0 bridgehead atoms. The van der Waals surface area contributed by atoms with Crippen LogP contribution >= 0.6 is 0 Å². The highest BCUT2D eigenvalue weighted by atomic mass is 16.3. The van der Waals surface area contributed by atoms with Crippen LogP contribution in [0.4, 0.5) is 0 Å². The quantitative estimate of drug-likeness (QED) is 0.563. The number of aryl methyl sites for hydroxylation is 1. The van der Waals surface area contributed by atoms with Gasteiger partial charge in [0, 0.05) is 11.8 Å². The first-order chi connectivity index (χ1) is 13.2. The maximum absolute atomic E-state index is 9.04. The third-order valence-electron chi connectivity index (χ3n) is 4.19. The van der Waals surface area contributed by atoms with Crippen LogP contribution in [-0.4, -0.2) is 40.1 Å². The van der Waals surface area contributed by atoms with E-state index in [0.717, 1.165) is 22.5 Å². The highest BCUT2D eigenvalue weighted by Gasteiger charge is 2.06. The summed E-state index contributed by atoms with van der Waals surface area (Å²) in [6, 6.07) is 12.2. The lowest BCUT2D eigenvalue weighted by molar-refractivity contribution is 0.276. The number of rotatable bonds is 6. The highest BCUT2D eigenvalue weighted by Crippen LogP contribution is 2.17. The van der Waals surface area contributed by atoms with Crippen molar-refractivity contribution < 1.29 is 5.11 Å². The van der Waals surface area contributed by atoms with Crippen LogP contribution in [0, 0.1) is 6.92 Å². The zero-order chi connectivity index (χ0) is 18.6. The summed E-state index contributed by atoms with van der Waals surface area (Å²) in [6.07, 6.45) is 5.47. The van der Waals surface area contributed by atoms with Crippen LogP contribution < -0.4 is 0 Å². The average Bonchev–Trinajstić information content (AvgIpc) is 3.33. The topological polar surface area (TPSA) is 94.5 Å². The Balaban J connectivity index is 1.42. The Morgan fingerprint density at radius 3 is 2.33 bits per heavy atom. The van der Waals surface area contributed by atoms with Crippen molar-refractivity contribution in [2.24, 2.45) is 0 Å². The molecule has 136 valence electrons. The molecule has 0 fully saturated rings. The molecule has 0 aliphatic carbocycles. The Kier molecular flexibility index (Phi) is 4.71.